The molecule has 44 heavy (non-hydrogen) atoms. The number of nitriles is 1. The summed E-state index contributed by atoms with van der Waals surface area (Å²) >= 11 is 6.46. The Morgan fingerprint density at radius 1 is 0.886 bits per heavy atom. The van der Waals surface area contributed by atoms with Crippen LogP contribution in [-0.2, 0) is 27.8 Å². The number of ether oxygens (including phenoxy) is 4. The highest BCUT2D eigenvalue weighted by Gasteiger charge is 2.63. The van der Waals surface area contributed by atoms with Crippen LogP contribution >= 0.6 is 11.6 Å². The molecule has 0 amide bonds. The van der Waals surface area contributed by atoms with Gasteiger partial charge in [0.2, 0.25) is 8.32 Å². The first kappa shape index (κ1) is 40.1. The molecule has 2 aliphatic heterocycles. The Labute approximate surface area is 277 Å². The summed E-state index contributed by atoms with van der Waals surface area (Å²) in [5, 5.41) is 10.8. The third-order valence-corrected chi connectivity index (χ3v) is 21.4. The van der Waals surface area contributed by atoms with Crippen molar-refractivity contribution in [1.29, 1.82) is 5.26 Å². The van der Waals surface area contributed by atoms with Crippen LogP contribution in [0.25, 0.3) is 0 Å². The Kier molecular flexibility index (Phi) is 12.6. The molecule has 0 aliphatic carbocycles. The molecule has 7 nitrogen and oxygen atoms in total. The number of fused-ring (bicyclic) bond motifs is 1. The molecule has 1 unspecified atom stereocenters. The van der Waals surface area contributed by atoms with E-state index in [2.05, 4.69) is 123 Å². The Morgan fingerprint density at radius 2 is 1.39 bits per heavy atom. The minimum atomic E-state index is -2.40. The van der Waals surface area contributed by atoms with Crippen LogP contribution in [-0.4, -0.2) is 71.7 Å². The highest BCUT2D eigenvalue weighted by molar-refractivity contribution is 6.77. The molecule has 2 saturated heterocycles. The largest absolute Gasteiger partial charge is 0.414 e. The topological polar surface area (TPSA) is 79.2 Å². The summed E-state index contributed by atoms with van der Waals surface area (Å²) in [6.07, 6.45) is -1.74. The van der Waals surface area contributed by atoms with Crippen molar-refractivity contribution in [3.05, 3.63) is 0 Å². The molecule has 0 aromatic rings. The maximum atomic E-state index is 10.7. The van der Waals surface area contributed by atoms with Gasteiger partial charge in [-0.2, -0.15) is 5.26 Å². The molecule has 0 N–H and O–H groups in total. The number of alkyl halides is 1. The second-order valence-electron chi connectivity index (χ2n) is 17.7. The van der Waals surface area contributed by atoms with Gasteiger partial charge < -0.3 is 27.8 Å². The average Bonchev–Trinajstić information content (AvgIpc) is 2.86. The number of nitrogens with zero attached hydrogens (tertiary/aromatic N) is 1. The molecule has 2 fully saturated rings. The lowest BCUT2D eigenvalue weighted by Crippen LogP contribution is -2.71. The predicted molar refractivity (Wildman–Crippen MR) is 185 cm³/mol. The number of hydrogen-bond donors (Lipinski definition) is 0. The quantitative estimate of drug-likeness (QED) is 0.159. The zero-order valence-electron chi connectivity index (χ0n) is 31.1. The summed E-state index contributed by atoms with van der Waals surface area (Å²) in [6, 6.07) is 2.40. The number of hydrogen-bond acceptors (Lipinski definition) is 7. The van der Waals surface area contributed by atoms with Gasteiger partial charge in [0.15, 0.2) is 14.1 Å². The molecule has 0 radical (unpaired) electrons. The van der Waals surface area contributed by atoms with E-state index >= 15 is 0 Å². The lowest BCUT2D eigenvalue weighted by Gasteiger charge is -2.60. The minimum absolute atomic E-state index is 0.0339. The maximum absolute atomic E-state index is 10.7. The lowest BCUT2D eigenvalue weighted by atomic mass is 9.69. The van der Waals surface area contributed by atoms with Crippen LogP contribution in [0.4, 0.5) is 0 Å². The van der Waals surface area contributed by atoms with Gasteiger partial charge in [0.25, 0.3) is 5.79 Å². The van der Waals surface area contributed by atoms with Gasteiger partial charge in [-0.15, -0.1) is 11.6 Å². The van der Waals surface area contributed by atoms with E-state index in [1.165, 1.54) is 0 Å². The minimum Gasteiger partial charge on any atom is -0.414 e. The molecule has 2 rings (SSSR count). The number of rotatable bonds is 11. The van der Waals surface area contributed by atoms with Crippen molar-refractivity contribution in [3.8, 4) is 6.07 Å². The van der Waals surface area contributed by atoms with Crippen molar-refractivity contribution < 1.29 is 27.8 Å². The van der Waals surface area contributed by atoms with E-state index in [4.69, 9.17) is 39.4 Å². The summed E-state index contributed by atoms with van der Waals surface area (Å²) in [5.74, 6) is -2.30. The number of halogens is 1. The highest BCUT2D eigenvalue weighted by atomic mass is 35.5. The molecule has 2 heterocycles. The van der Waals surface area contributed by atoms with E-state index < -0.39 is 52.6 Å². The van der Waals surface area contributed by atoms with Crippen LogP contribution in [0.5, 0.6) is 0 Å². The molecule has 0 aromatic carbocycles. The summed E-state index contributed by atoms with van der Waals surface area (Å²) in [6.45, 7) is 38.1. The van der Waals surface area contributed by atoms with E-state index in [0.717, 1.165) is 0 Å². The van der Waals surface area contributed by atoms with Crippen LogP contribution in [0.1, 0.15) is 110 Å². The fourth-order valence-corrected chi connectivity index (χ4v) is 14.2. The molecule has 0 saturated carbocycles. The van der Waals surface area contributed by atoms with E-state index in [-0.39, 0.29) is 34.8 Å². The van der Waals surface area contributed by atoms with Crippen molar-refractivity contribution in [2.24, 2.45) is 10.8 Å². The van der Waals surface area contributed by atoms with Gasteiger partial charge in [-0.25, -0.2) is 0 Å². The van der Waals surface area contributed by atoms with Crippen molar-refractivity contribution in [2.75, 3.05) is 19.1 Å². The molecule has 0 aromatic heterocycles. The first-order valence-electron chi connectivity index (χ1n) is 16.7. The smallest absolute Gasteiger partial charge is 0.262 e. The molecule has 258 valence electrons. The van der Waals surface area contributed by atoms with Crippen LogP contribution in [0.3, 0.4) is 0 Å². The molecular formula is C34H66ClNO6Si2. The van der Waals surface area contributed by atoms with Gasteiger partial charge in [-0.3, -0.25) is 0 Å². The van der Waals surface area contributed by atoms with E-state index in [0.29, 0.717) is 23.2 Å². The van der Waals surface area contributed by atoms with E-state index in [1.54, 1.807) is 0 Å². The van der Waals surface area contributed by atoms with Crippen molar-refractivity contribution in [1.82, 2.24) is 0 Å². The second kappa shape index (κ2) is 13.8. The molecule has 5 atom stereocenters. The van der Waals surface area contributed by atoms with Crippen LogP contribution in [0.15, 0.2) is 0 Å². The Morgan fingerprint density at radius 3 is 1.77 bits per heavy atom. The Hall–Kier alpha value is -0.0262. The molecular weight excluding hydrogens is 610 g/mol. The van der Waals surface area contributed by atoms with Crippen LogP contribution < -0.4 is 0 Å². The maximum Gasteiger partial charge on any atom is 0.262 e. The van der Waals surface area contributed by atoms with Crippen molar-refractivity contribution in [2.45, 2.75) is 181 Å². The Balaban J connectivity index is 2.60. The zero-order chi connectivity index (χ0) is 34.3. The van der Waals surface area contributed by atoms with E-state index in [1.807, 2.05) is 0 Å². The SMILES string of the molecule is CC(C)[Si](O[C@@H]1CC(C#N)(O[C@H](CCl)CO[Si](C)(C)C(C)(C)C)O[C@@H]2COC(C(C)(C)C)(C(C)(C)C)O[C@H]21)(C(C)C)C(C)C. The second-order valence-corrected chi connectivity index (χ2v) is 28.2. The third-order valence-electron chi connectivity index (χ3n) is 10.5. The van der Waals surface area contributed by atoms with Gasteiger partial charge >= 0.3 is 0 Å². The average molecular weight is 677 g/mol. The molecule has 2 aliphatic rings. The van der Waals surface area contributed by atoms with Crippen molar-refractivity contribution in [3.63, 3.8) is 0 Å². The fourth-order valence-electron chi connectivity index (χ4n) is 7.45. The first-order valence-corrected chi connectivity index (χ1v) is 22.3. The first-order chi connectivity index (χ1) is 19.8. The van der Waals surface area contributed by atoms with Gasteiger partial charge in [0.05, 0.1) is 31.3 Å². The molecule has 10 heteroatoms. The van der Waals surface area contributed by atoms with Gasteiger partial charge in [-0.1, -0.05) is 104 Å². The molecule has 0 bridgehead atoms. The van der Waals surface area contributed by atoms with Gasteiger partial charge in [0.1, 0.15) is 18.3 Å². The van der Waals surface area contributed by atoms with Gasteiger partial charge in [-0.05, 0) is 34.8 Å². The van der Waals surface area contributed by atoms with Crippen LogP contribution in [0, 0.1) is 22.2 Å². The zero-order valence-corrected chi connectivity index (χ0v) is 33.9. The van der Waals surface area contributed by atoms with Gasteiger partial charge in [0, 0.05) is 17.3 Å². The standard InChI is InChI=1S/C34H66ClNO6Si2/c1-23(2)44(24(3)4,25(5)6)42-27-18-33(22-36,39-26(19-35)20-38-43(16,17)32(13,14)15)40-28-21-37-34(30(7,8)9,31(10,11)12)41-29(27)28/h23-29H,18-21H2,1-17H3/t26-,27-,28-,29+,33?/m1/s1. The van der Waals surface area contributed by atoms with E-state index in [9.17, 15) is 5.26 Å². The predicted octanol–water partition coefficient (Wildman–Crippen LogP) is 9.41. The van der Waals surface area contributed by atoms with Crippen LogP contribution in [0.2, 0.25) is 34.8 Å². The lowest BCUT2D eigenvalue weighted by molar-refractivity contribution is -0.433. The summed E-state index contributed by atoms with van der Waals surface area (Å²) in [7, 11) is -4.47. The summed E-state index contributed by atoms with van der Waals surface area (Å²) in [4.78, 5) is 0. The molecule has 0 spiro atoms. The fraction of sp³-hybridized carbons (Fsp3) is 0.971. The summed E-state index contributed by atoms with van der Waals surface area (Å²) in [5.41, 5.74) is 0.377. The highest BCUT2D eigenvalue weighted by Crippen LogP contribution is 2.54. The Bertz CT molecular complexity index is 958. The third kappa shape index (κ3) is 7.81. The normalized spacial score (nSPS) is 27.9. The monoisotopic (exact) mass is 675 g/mol. The van der Waals surface area contributed by atoms with Crippen molar-refractivity contribution >= 4 is 28.2 Å². The summed E-state index contributed by atoms with van der Waals surface area (Å²) < 4.78 is 40.9.